The second-order valence-corrected chi connectivity index (χ2v) is 3.81. The molecule has 88 valence electrons. The van der Waals surface area contributed by atoms with Crippen molar-refractivity contribution < 1.29 is 9.53 Å². The number of amides is 1. The summed E-state index contributed by atoms with van der Waals surface area (Å²) in [6, 6.07) is 3.54. The Bertz CT molecular complexity index is 347. The first-order valence-electron chi connectivity index (χ1n) is 4.84. The van der Waals surface area contributed by atoms with E-state index in [9.17, 15) is 4.79 Å². The van der Waals surface area contributed by atoms with Crippen LogP contribution in [-0.2, 0) is 9.53 Å². The Morgan fingerprint density at radius 3 is 3.12 bits per heavy atom. The number of hydrogen-bond donors (Lipinski definition) is 2. The van der Waals surface area contributed by atoms with Gasteiger partial charge in [0.15, 0.2) is 0 Å². The molecule has 0 spiro atoms. The fraction of sp³-hybridized carbons (Fsp3) is 0.400. The SMILES string of the molecule is COCCNCC(=O)Nc1cccnc1Br. The third-order valence-corrected chi connectivity index (χ3v) is 2.43. The molecule has 0 aliphatic rings. The van der Waals surface area contributed by atoms with E-state index in [1.54, 1.807) is 25.4 Å². The van der Waals surface area contributed by atoms with Crippen molar-refractivity contribution in [2.75, 3.05) is 32.1 Å². The van der Waals surface area contributed by atoms with Gasteiger partial charge in [0.05, 0.1) is 18.8 Å². The van der Waals surface area contributed by atoms with E-state index in [0.717, 1.165) is 0 Å². The molecule has 0 atom stereocenters. The molecule has 0 fully saturated rings. The number of nitrogens with one attached hydrogen (secondary N) is 2. The van der Waals surface area contributed by atoms with Crippen molar-refractivity contribution >= 4 is 27.5 Å². The molecule has 5 nitrogen and oxygen atoms in total. The minimum atomic E-state index is -0.107. The molecule has 1 aromatic rings. The van der Waals surface area contributed by atoms with Crippen LogP contribution < -0.4 is 10.6 Å². The van der Waals surface area contributed by atoms with Crippen LogP contribution in [0.15, 0.2) is 22.9 Å². The number of carbonyl (C=O) groups excluding carboxylic acids is 1. The van der Waals surface area contributed by atoms with Gasteiger partial charge >= 0.3 is 0 Å². The number of methoxy groups -OCH3 is 1. The van der Waals surface area contributed by atoms with Crippen molar-refractivity contribution in [1.82, 2.24) is 10.3 Å². The van der Waals surface area contributed by atoms with Gasteiger partial charge in [-0.05, 0) is 28.1 Å². The molecule has 0 bridgehead atoms. The van der Waals surface area contributed by atoms with Crippen LogP contribution in [0.5, 0.6) is 0 Å². The summed E-state index contributed by atoms with van der Waals surface area (Å²) in [6.07, 6.45) is 1.65. The first kappa shape index (κ1) is 13.1. The molecule has 1 heterocycles. The molecule has 1 amide bonds. The van der Waals surface area contributed by atoms with Gasteiger partial charge in [-0.1, -0.05) is 0 Å². The van der Waals surface area contributed by atoms with E-state index in [-0.39, 0.29) is 12.5 Å². The lowest BCUT2D eigenvalue weighted by molar-refractivity contribution is -0.115. The van der Waals surface area contributed by atoms with Gasteiger partial charge in [0, 0.05) is 19.9 Å². The highest BCUT2D eigenvalue weighted by Crippen LogP contribution is 2.17. The van der Waals surface area contributed by atoms with Crippen molar-refractivity contribution in [3.05, 3.63) is 22.9 Å². The predicted octanol–water partition coefficient (Wildman–Crippen LogP) is 1.02. The van der Waals surface area contributed by atoms with Crippen LogP contribution in [0.3, 0.4) is 0 Å². The molecule has 6 heteroatoms. The van der Waals surface area contributed by atoms with E-state index >= 15 is 0 Å². The summed E-state index contributed by atoms with van der Waals surface area (Å²) in [7, 11) is 1.62. The van der Waals surface area contributed by atoms with Gasteiger partial charge < -0.3 is 15.4 Å². The monoisotopic (exact) mass is 287 g/mol. The fourth-order valence-corrected chi connectivity index (χ4v) is 1.40. The zero-order chi connectivity index (χ0) is 11.8. The largest absolute Gasteiger partial charge is 0.383 e. The topological polar surface area (TPSA) is 63.2 Å². The molecule has 0 saturated carbocycles. The normalized spacial score (nSPS) is 10.1. The fourth-order valence-electron chi connectivity index (χ4n) is 1.05. The third-order valence-electron chi connectivity index (χ3n) is 1.80. The second-order valence-electron chi connectivity index (χ2n) is 3.06. The summed E-state index contributed by atoms with van der Waals surface area (Å²) in [5.41, 5.74) is 0.668. The molecule has 16 heavy (non-hydrogen) atoms. The van der Waals surface area contributed by atoms with Gasteiger partial charge in [-0.3, -0.25) is 4.79 Å². The van der Waals surface area contributed by atoms with E-state index in [0.29, 0.717) is 23.4 Å². The molecule has 1 rings (SSSR count). The standard InChI is InChI=1S/C10H14BrN3O2/c1-16-6-5-12-7-9(15)14-8-3-2-4-13-10(8)11/h2-4,12H,5-7H2,1H3,(H,14,15). The highest BCUT2D eigenvalue weighted by molar-refractivity contribution is 9.10. The van der Waals surface area contributed by atoms with E-state index in [1.165, 1.54) is 0 Å². The maximum atomic E-state index is 11.5. The molecule has 0 aliphatic carbocycles. The van der Waals surface area contributed by atoms with Crippen molar-refractivity contribution in [2.24, 2.45) is 0 Å². The van der Waals surface area contributed by atoms with E-state index in [1.807, 2.05) is 0 Å². The Hall–Kier alpha value is -0.980. The average molecular weight is 288 g/mol. The molecule has 0 saturated heterocycles. The smallest absolute Gasteiger partial charge is 0.238 e. The van der Waals surface area contributed by atoms with Gasteiger partial charge in [-0.15, -0.1) is 0 Å². The quantitative estimate of drug-likeness (QED) is 0.606. The maximum Gasteiger partial charge on any atom is 0.238 e. The summed E-state index contributed by atoms with van der Waals surface area (Å²) >= 11 is 3.25. The van der Waals surface area contributed by atoms with Crippen LogP contribution in [0.1, 0.15) is 0 Å². The Balaban J connectivity index is 2.32. The predicted molar refractivity (Wildman–Crippen MR) is 65.3 cm³/mol. The van der Waals surface area contributed by atoms with Gasteiger partial charge in [-0.2, -0.15) is 0 Å². The highest BCUT2D eigenvalue weighted by Gasteiger charge is 2.04. The number of rotatable bonds is 6. The maximum absolute atomic E-state index is 11.5. The zero-order valence-electron chi connectivity index (χ0n) is 9.00. The minimum absolute atomic E-state index is 0.107. The number of anilines is 1. The lowest BCUT2D eigenvalue weighted by atomic mass is 10.4. The van der Waals surface area contributed by atoms with Crippen molar-refractivity contribution in [2.45, 2.75) is 0 Å². The molecule has 1 aromatic heterocycles. The number of nitrogens with zero attached hydrogens (tertiary/aromatic N) is 1. The summed E-state index contributed by atoms with van der Waals surface area (Å²) < 4.78 is 5.47. The van der Waals surface area contributed by atoms with Crippen LogP contribution in [-0.4, -0.2) is 37.7 Å². The number of carbonyl (C=O) groups is 1. The summed E-state index contributed by atoms with van der Waals surface area (Å²) in [6.45, 7) is 1.49. The highest BCUT2D eigenvalue weighted by atomic mass is 79.9. The summed E-state index contributed by atoms with van der Waals surface area (Å²) in [4.78, 5) is 15.5. The molecule has 0 aliphatic heterocycles. The van der Waals surface area contributed by atoms with Gasteiger partial charge in [-0.25, -0.2) is 4.98 Å². The van der Waals surface area contributed by atoms with Crippen molar-refractivity contribution in [3.63, 3.8) is 0 Å². The number of pyridine rings is 1. The van der Waals surface area contributed by atoms with Crippen LogP contribution in [0.25, 0.3) is 0 Å². The van der Waals surface area contributed by atoms with Crippen molar-refractivity contribution in [3.8, 4) is 0 Å². The van der Waals surface area contributed by atoms with Crippen LogP contribution in [0.4, 0.5) is 5.69 Å². The third kappa shape index (κ3) is 4.69. The van der Waals surface area contributed by atoms with E-state index in [2.05, 4.69) is 31.5 Å². The van der Waals surface area contributed by atoms with Gasteiger partial charge in [0.1, 0.15) is 4.60 Å². The Morgan fingerprint density at radius 2 is 2.44 bits per heavy atom. The molecular formula is C10H14BrN3O2. The van der Waals surface area contributed by atoms with Crippen molar-refractivity contribution in [1.29, 1.82) is 0 Å². The number of halogens is 1. The number of ether oxygens (including phenoxy) is 1. The lowest BCUT2D eigenvalue weighted by Gasteiger charge is -2.07. The van der Waals surface area contributed by atoms with Crippen LogP contribution in [0, 0.1) is 0 Å². The molecule has 2 N–H and O–H groups in total. The summed E-state index contributed by atoms with van der Waals surface area (Å²) in [5, 5.41) is 5.69. The van der Waals surface area contributed by atoms with Gasteiger partial charge in [0.25, 0.3) is 0 Å². The van der Waals surface area contributed by atoms with Crippen LogP contribution in [0.2, 0.25) is 0 Å². The minimum Gasteiger partial charge on any atom is -0.383 e. The zero-order valence-corrected chi connectivity index (χ0v) is 10.6. The summed E-state index contributed by atoms with van der Waals surface area (Å²) in [5.74, 6) is -0.107. The Kier molecular flexibility index (Phi) is 5.99. The number of aromatic nitrogens is 1. The Labute approximate surface area is 103 Å². The molecule has 0 radical (unpaired) electrons. The Morgan fingerprint density at radius 1 is 1.62 bits per heavy atom. The second kappa shape index (κ2) is 7.32. The van der Waals surface area contributed by atoms with Gasteiger partial charge in [0.2, 0.25) is 5.91 Å². The number of hydrogen-bond acceptors (Lipinski definition) is 4. The van der Waals surface area contributed by atoms with E-state index < -0.39 is 0 Å². The average Bonchev–Trinajstić information content (AvgIpc) is 2.28. The molecule has 0 unspecified atom stereocenters. The lowest BCUT2D eigenvalue weighted by Crippen LogP contribution is -2.30. The first-order chi connectivity index (χ1) is 7.74. The molecule has 0 aromatic carbocycles. The van der Waals surface area contributed by atoms with Crippen LogP contribution >= 0.6 is 15.9 Å². The molecular weight excluding hydrogens is 274 g/mol. The van der Waals surface area contributed by atoms with E-state index in [4.69, 9.17) is 4.74 Å². The first-order valence-corrected chi connectivity index (χ1v) is 5.63.